The zero-order chi connectivity index (χ0) is 15.9. The minimum atomic E-state index is 0. The average molecular weight is 336 g/mol. The molecule has 2 N–H and O–H groups in total. The van der Waals surface area contributed by atoms with Crippen molar-refractivity contribution < 1.29 is 4.74 Å². The molecule has 2 aromatic rings. The third-order valence-electron chi connectivity index (χ3n) is 4.59. The van der Waals surface area contributed by atoms with E-state index in [-0.39, 0.29) is 20.9 Å². The first-order valence-electron chi connectivity index (χ1n) is 8.71. The predicted octanol–water partition coefficient (Wildman–Crippen LogP) is 5.74. The lowest BCUT2D eigenvalue weighted by atomic mass is 9.95. The first-order valence-corrected chi connectivity index (χ1v) is 8.71. The predicted molar refractivity (Wildman–Crippen MR) is 106 cm³/mol. The van der Waals surface area contributed by atoms with Crippen molar-refractivity contribution >= 4 is 0 Å². The van der Waals surface area contributed by atoms with Crippen LogP contribution in [0.3, 0.4) is 0 Å². The lowest BCUT2D eigenvalue weighted by Gasteiger charge is -2.25. The van der Waals surface area contributed by atoms with Gasteiger partial charge in [0.05, 0.1) is 6.61 Å². The van der Waals surface area contributed by atoms with Gasteiger partial charge in [0.25, 0.3) is 0 Å². The van der Waals surface area contributed by atoms with Crippen molar-refractivity contribution in [1.82, 2.24) is 0 Å². The molecule has 25 heavy (non-hydrogen) atoms. The van der Waals surface area contributed by atoms with E-state index in [1.807, 2.05) is 6.07 Å². The summed E-state index contributed by atoms with van der Waals surface area (Å²) in [6, 6.07) is 19.2. The molecule has 0 bridgehead atoms. The summed E-state index contributed by atoms with van der Waals surface area (Å²) in [6.45, 7) is 0.623. The fourth-order valence-corrected chi connectivity index (χ4v) is 3.14. The molecule has 3 rings (SSSR count). The largest absolute Gasteiger partial charge is 0.366 e. The van der Waals surface area contributed by atoms with Crippen LogP contribution in [0, 0.1) is 21.0 Å². The van der Waals surface area contributed by atoms with E-state index in [1.54, 1.807) is 0 Å². The molecule has 1 aliphatic carbocycles. The van der Waals surface area contributed by atoms with Gasteiger partial charge in [-0.2, -0.15) is 0 Å². The van der Waals surface area contributed by atoms with E-state index in [4.69, 9.17) is 10.5 Å². The summed E-state index contributed by atoms with van der Waals surface area (Å²) in [7, 11) is 0. The Labute approximate surface area is 154 Å². The van der Waals surface area contributed by atoms with Gasteiger partial charge >= 0.3 is 0 Å². The average Bonchev–Trinajstić information content (AvgIpc) is 2.59. The topological polar surface area (TPSA) is 35.2 Å². The Morgan fingerprint density at radius 3 is 2.16 bits per heavy atom. The van der Waals surface area contributed by atoms with Crippen LogP contribution in [0.2, 0.25) is 0 Å². The first kappa shape index (κ1) is 21.4. The summed E-state index contributed by atoms with van der Waals surface area (Å²) in [5, 5.41) is 0. The van der Waals surface area contributed by atoms with Crippen LogP contribution in [0.15, 0.2) is 54.6 Å². The Kier molecular flexibility index (Phi) is 9.48. The molecule has 1 atom stereocenters. The van der Waals surface area contributed by atoms with Gasteiger partial charge in [0.15, 0.2) is 0 Å². The highest BCUT2D eigenvalue weighted by atomic mass is 16.5. The van der Waals surface area contributed by atoms with Gasteiger partial charge in [0, 0.05) is 6.04 Å². The Morgan fingerprint density at radius 2 is 1.44 bits per heavy atom. The molecule has 5 radical (unpaired) electrons. The van der Waals surface area contributed by atoms with Crippen LogP contribution in [0.25, 0.3) is 11.1 Å². The molecule has 2 aromatic carbocycles. The van der Waals surface area contributed by atoms with Crippen LogP contribution in [0.1, 0.15) is 44.1 Å². The zero-order valence-corrected chi connectivity index (χ0v) is 15.1. The second kappa shape index (κ2) is 11.1. The number of nitrogens with two attached hydrogens (primary N) is 1. The number of hydrogen-bond acceptors (Lipinski definition) is 2. The normalized spacial score (nSPS) is 18.4. The molecule has 0 amide bonds. The highest BCUT2D eigenvalue weighted by molar-refractivity contribution is 5.63. The summed E-state index contributed by atoms with van der Waals surface area (Å²) in [6.07, 6.45) is 8.20. The second-order valence-electron chi connectivity index (χ2n) is 6.38. The van der Waals surface area contributed by atoms with Crippen molar-refractivity contribution in [1.29, 1.82) is 0 Å². The lowest BCUT2D eigenvalue weighted by Crippen LogP contribution is -2.31. The molecule has 1 unspecified atom stereocenters. The third kappa shape index (κ3) is 6.30. The molecule has 1 fully saturated rings. The van der Waals surface area contributed by atoms with E-state index in [0.717, 1.165) is 18.9 Å². The van der Waals surface area contributed by atoms with E-state index >= 15 is 0 Å². The summed E-state index contributed by atoms with van der Waals surface area (Å²) in [5.41, 5.74) is 9.94. The first-order chi connectivity index (χ1) is 11.3. The van der Waals surface area contributed by atoms with Gasteiger partial charge in [0.2, 0.25) is 0 Å². The fourth-order valence-electron chi connectivity index (χ4n) is 3.14. The maximum absolute atomic E-state index is 6.25. The minimum Gasteiger partial charge on any atom is -0.366 e. The zero-order valence-electron chi connectivity index (χ0n) is 15.1. The van der Waals surface area contributed by atoms with E-state index in [0.29, 0.717) is 6.61 Å². The molecule has 1 aliphatic rings. The van der Waals surface area contributed by atoms with Crippen LogP contribution in [0.4, 0.5) is 0 Å². The SMILES string of the molecule is NC1CCCCCC[C]1OCc1ccc(-c2ccccc2)cc1.[CH2].[CH2]. The highest BCUT2D eigenvalue weighted by Crippen LogP contribution is 2.26. The number of hydrogen-bond donors (Lipinski definition) is 1. The molecule has 0 spiro atoms. The van der Waals surface area contributed by atoms with E-state index in [1.165, 1.54) is 42.4 Å². The van der Waals surface area contributed by atoms with Gasteiger partial charge in [-0.1, -0.05) is 95.1 Å². The summed E-state index contributed by atoms with van der Waals surface area (Å²) in [5.74, 6) is 0. The van der Waals surface area contributed by atoms with Crippen molar-refractivity contribution in [3.05, 3.63) is 81.1 Å². The van der Waals surface area contributed by atoms with Crippen LogP contribution in [-0.2, 0) is 11.3 Å². The van der Waals surface area contributed by atoms with Crippen molar-refractivity contribution in [3.8, 4) is 11.1 Å². The van der Waals surface area contributed by atoms with Crippen molar-refractivity contribution in [3.63, 3.8) is 0 Å². The number of rotatable bonds is 4. The van der Waals surface area contributed by atoms with Crippen molar-refractivity contribution in [2.45, 2.75) is 51.2 Å². The fraction of sp³-hybridized carbons (Fsp3) is 0.348. The van der Waals surface area contributed by atoms with Gasteiger partial charge in [-0.05, 0) is 29.5 Å². The van der Waals surface area contributed by atoms with Gasteiger partial charge in [0.1, 0.15) is 6.10 Å². The molecule has 0 aromatic heterocycles. The summed E-state index contributed by atoms with van der Waals surface area (Å²) >= 11 is 0. The molecule has 1 saturated carbocycles. The van der Waals surface area contributed by atoms with Crippen LogP contribution in [-0.4, -0.2) is 6.04 Å². The van der Waals surface area contributed by atoms with Gasteiger partial charge in [-0.15, -0.1) is 0 Å². The standard InChI is InChI=1S/C21H26NO.2CH2/c22-20-10-6-1-2-7-11-21(20)23-16-17-12-14-19(15-13-17)18-8-4-3-5-9-18;;/h3-5,8-9,12-15,20H,1-2,6-7,10-11,16,22H2;2*1H2. The van der Waals surface area contributed by atoms with Crippen molar-refractivity contribution in [2.24, 2.45) is 5.73 Å². The minimum absolute atomic E-state index is 0. The molecule has 0 saturated heterocycles. The van der Waals surface area contributed by atoms with Gasteiger partial charge in [-0.25, -0.2) is 0 Å². The van der Waals surface area contributed by atoms with Gasteiger partial charge < -0.3 is 10.5 Å². The Hall–Kier alpha value is -1.64. The molecule has 0 heterocycles. The molecular weight excluding hydrogens is 306 g/mol. The monoisotopic (exact) mass is 336 g/mol. The van der Waals surface area contributed by atoms with E-state index < -0.39 is 0 Å². The van der Waals surface area contributed by atoms with Gasteiger partial charge in [-0.3, -0.25) is 0 Å². The maximum atomic E-state index is 6.25. The van der Waals surface area contributed by atoms with Crippen LogP contribution >= 0.6 is 0 Å². The Morgan fingerprint density at radius 1 is 0.800 bits per heavy atom. The highest BCUT2D eigenvalue weighted by Gasteiger charge is 2.21. The smallest absolute Gasteiger partial charge is 0.114 e. The second-order valence-corrected chi connectivity index (χ2v) is 6.38. The van der Waals surface area contributed by atoms with Crippen LogP contribution in [0.5, 0.6) is 0 Å². The maximum Gasteiger partial charge on any atom is 0.114 e. The number of benzene rings is 2. The van der Waals surface area contributed by atoms with Crippen molar-refractivity contribution in [2.75, 3.05) is 0 Å². The molecule has 2 heteroatoms. The third-order valence-corrected chi connectivity index (χ3v) is 4.59. The number of ether oxygens (including phenoxy) is 1. The Bertz CT molecular complexity index is 579. The Balaban J connectivity index is 0.00000156. The lowest BCUT2D eigenvalue weighted by molar-refractivity contribution is 0.0958. The summed E-state index contributed by atoms with van der Waals surface area (Å²) < 4.78 is 6.05. The molecule has 0 aliphatic heterocycles. The quantitative estimate of drug-likeness (QED) is 0.773. The van der Waals surface area contributed by atoms with E-state index in [9.17, 15) is 0 Å². The van der Waals surface area contributed by atoms with Crippen LogP contribution < -0.4 is 5.73 Å². The summed E-state index contributed by atoms with van der Waals surface area (Å²) in [4.78, 5) is 0. The molecule has 133 valence electrons. The molecule has 2 nitrogen and oxygen atoms in total. The van der Waals surface area contributed by atoms with E-state index in [2.05, 4.69) is 48.5 Å². The molecular formula is C23H30NO.